The molecular weight excluding hydrogens is 462 g/mol. The van der Waals surface area contributed by atoms with Crippen molar-refractivity contribution in [2.45, 2.75) is 63.7 Å². The number of rotatable bonds is 16. The Labute approximate surface area is 211 Å². The molecule has 1 aromatic heterocycles. The Kier molecular flexibility index (Phi) is 10.3. The lowest BCUT2D eigenvalue weighted by molar-refractivity contribution is -0.107. The summed E-state index contributed by atoms with van der Waals surface area (Å²) < 4.78 is 18.1. The van der Waals surface area contributed by atoms with Gasteiger partial charge in [0.25, 0.3) is 0 Å². The second-order valence-corrected chi connectivity index (χ2v) is 10.9. The lowest BCUT2D eigenvalue weighted by atomic mass is 10.0. The zero-order valence-corrected chi connectivity index (χ0v) is 22.0. The summed E-state index contributed by atoms with van der Waals surface area (Å²) in [4.78, 5) is 22.2. The molecule has 1 aromatic carbocycles. The van der Waals surface area contributed by atoms with Crippen molar-refractivity contribution in [3.05, 3.63) is 35.4 Å². The zero-order chi connectivity index (χ0) is 25.2. The molecule has 0 bridgehead atoms. The molecule has 0 spiro atoms. The third-order valence-electron chi connectivity index (χ3n) is 6.28. The molecule has 2 atom stereocenters. The molecule has 2 aromatic rings. The number of nitrogen functional groups attached to an aromatic ring is 1. The zero-order valence-electron chi connectivity index (χ0n) is 21.2. The normalized spacial score (nSPS) is 14.8. The van der Waals surface area contributed by atoms with Crippen molar-refractivity contribution in [1.82, 2.24) is 9.97 Å². The van der Waals surface area contributed by atoms with Gasteiger partial charge in [-0.3, -0.25) is 4.21 Å². The third kappa shape index (κ3) is 8.19. The maximum Gasteiger partial charge on any atom is 0.320 e. The lowest BCUT2D eigenvalue weighted by Gasteiger charge is -2.26. The van der Waals surface area contributed by atoms with Gasteiger partial charge in [0.15, 0.2) is 11.6 Å². The Hall–Kier alpha value is -2.68. The highest BCUT2D eigenvalue weighted by Crippen LogP contribution is 2.35. The maximum atomic E-state index is 12.3. The van der Waals surface area contributed by atoms with Crippen LogP contribution in [0, 0.1) is 5.92 Å². The van der Waals surface area contributed by atoms with E-state index in [0.29, 0.717) is 43.4 Å². The fraction of sp³-hybridized carbons (Fsp3) is 0.577. The summed E-state index contributed by atoms with van der Waals surface area (Å²) in [6.07, 6.45) is 9.35. The van der Waals surface area contributed by atoms with Crippen molar-refractivity contribution in [2.75, 3.05) is 42.4 Å². The van der Waals surface area contributed by atoms with Crippen molar-refractivity contribution in [3.8, 4) is 6.01 Å². The Morgan fingerprint density at radius 2 is 2.09 bits per heavy atom. The van der Waals surface area contributed by atoms with Gasteiger partial charge in [0.2, 0.25) is 0 Å². The number of carbonyl (C=O) groups excluding carboxylic acids is 1. The fourth-order valence-electron chi connectivity index (χ4n) is 4.15. The first-order valence-corrected chi connectivity index (χ1v) is 14.1. The molecule has 1 aliphatic carbocycles. The Morgan fingerprint density at radius 3 is 2.74 bits per heavy atom. The van der Waals surface area contributed by atoms with Crippen molar-refractivity contribution in [2.24, 2.45) is 5.92 Å². The molecule has 1 heterocycles. The number of hydrogen-bond donors (Lipinski definition) is 2. The molecule has 0 saturated heterocycles. The predicted molar refractivity (Wildman–Crippen MR) is 143 cm³/mol. The number of unbranched alkanes of at least 4 members (excludes halogenated alkanes) is 1. The van der Waals surface area contributed by atoms with Crippen LogP contribution in [0.25, 0.3) is 0 Å². The van der Waals surface area contributed by atoms with Gasteiger partial charge in [0.05, 0.1) is 6.61 Å². The summed E-state index contributed by atoms with van der Waals surface area (Å²) in [5, 5.41) is 3.29. The van der Waals surface area contributed by atoms with Gasteiger partial charge < -0.3 is 25.5 Å². The van der Waals surface area contributed by atoms with Crippen LogP contribution in [0.15, 0.2) is 24.3 Å². The monoisotopic (exact) mass is 501 g/mol. The number of aromatic nitrogens is 2. The van der Waals surface area contributed by atoms with Crippen LogP contribution in [-0.4, -0.2) is 52.2 Å². The van der Waals surface area contributed by atoms with Crippen LogP contribution in [0.1, 0.15) is 56.6 Å². The van der Waals surface area contributed by atoms with E-state index >= 15 is 0 Å². The van der Waals surface area contributed by atoms with Crippen LogP contribution in [-0.2, 0) is 28.6 Å². The van der Waals surface area contributed by atoms with Crippen LogP contribution in [0.3, 0.4) is 0 Å². The SMILES string of the molecule is CCCCOc1nc(N)c(NC)c(N(CCC=O)Cc2cccc(CC(CC3CC3)S(C)=O)c2)n1. The quantitative estimate of drug-likeness (QED) is 0.263. The highest BCUT2D eigenvalue weighted by Gasteiger charge is 2.27. The summed E-state index contributed by atoms with van der Waals surface area (Å²) in [6, 6.07) is 8.62. The van der Waals surface area contributed by atoms with Gasteiger partial charge >= 0.3 is 6.01 Å². The lowest BCUT2D eigenvalue weighted by Crippen LogP contribution is -2.27. The molecule has 1 aliphatic rings. The summed E-state index contributed by atoms with van der Waals surface area (Å²) >= 11 is 0. The number of carbonyl (C=O) groups is 1. The van der Waals surface area contributed by atoms with Crippen LogP contribution in [0.2, 0.25) is 0 Å². The topological polar surface area (TPSA) is 110 Å². The van der Waals surface area contributed by atoms with E-state index in [4.69, 9.17) is 10.5 Å². The Bertz CT molecular complexity index is 999. The first-order valence-electron chi connectivity index (χ1n) is 12.5. The minimum Gasteiger partial charge on any atom is -0.463 e. The first-order chi connectivity index (χ1) is 16.9. The molecule has 2 unspecified atom stereocenters. The largest absolute Gasteiger partial charge is 0.463 e. The van der Waals surface area contributed by atoms with Crippen molar-refractivity contribution in [3.63, 3.8) is 0 Å². The molecule has 3 rings (SSSR count). The Balaban J connectivity index is 1.84. The average Bonchev–Trinajstić information content (AvgIpc) is 3.65. The molecule has 192 valence electrons. The number of hydrogen-bond acceptors (Lipinski definition) is 8. The smallest absolute Gasteiger partial charge is 0.320 e. The minimum atomic E-state index is -0.852. The van der Waals surface area contributed by atoms with E-state index in [2.05, 4.69) is 40.4 Å². The second-order valence-electron chi connectivity index (χ2n) is 9.24. The molecule has 35 heavy (non-hydrogen) atoms. The molecule has 0 radical (unpaired) electrons. The molecule has 8 nitrogen and oxygen atoms in total. The highest BCUT2D eigenvalue weighted by molar-refractivity contribution is 7.84. The van der Waals surface area contributed by atoms with E-state index < -0.39 is 10.8 Å². The highest BCUT2D eigenvalue weighted by atomic mass is 32.2. The Morgan fingerprint density at radius 1 is 1.31 bits per heavy atom. The van der Waals surface area contributed by atoms with Crippen molar-refractivity contribution >= 4 is 34.4 Å². The number of anilines is 3. The van der Waals surface area contributed by atoms with Gasteiger partial charge in [-0.2, -0.15) is 9.97 Å². The standard InChI is InChI=1S/C26H39N5O3S/c1-4-5-14-34-26-29-24(27)23(28-2)25(30-26)31(12-7-13-32)18-21-9-6-8-20(15-21)17-22(35(3)33)16-19-10-11-19/h6,8-9,13,15,19,22,28H,4-5,7,10-12,14,16-18H2,1-3H3,(H2,27,29,30). The molecule has 0 amide bonds. The average molecular weight is 502 g/mol. The summed E-state index contributed by atoms with van der Waals surface area (Å²) in [5.74, 6) is 1.66. The number of aldehydes is 1. The van der Waals surface area contributed by atoms with Crippen LogP contribution < -0.4 is 20.7 Å². The van der Waals surface area contributed by atoms with E-state index in [1.807, 2.05) is 17.2 Å². The van der Waals surface area contributed by atoms with Gasteiger partial charge in [-0.1, -0.05) is 50.5 Å². The first kappa shape index (κ1) is 26.9. The minimum absolute atomic E-state index is 0.185. The van der Waals surface area contributed by atoms with Gasteiger partial charge in [-0.25, -0.2) is 0 Å². The molecular formula is C26H39N5O3S. The van der Waals surface area contributed by atoms with Gasteiger partial charge in [-0.05, 0) is 36.3 Å². The molecule has 9 heteroatoms. The molecule has 0 aliphatic heterocycles. The number of ether oxygens (including phenoxy) is 1. The second kappa shape index (κ2) is 13.4. The predicted octanol–water partition coefficient (Wildman–Crippen LogP) is 3.96. The third-order valence-corrected chi connectivity index (χ3v) is 7.58. The summed E-state index contributed by atoms with van der Waals surface area (Å²) in [6.45, 7) is 3.64. The fourth-order valence-corrected chi connectivity index (χ4v) is 5.12. The van der Waals surface area contributed by atoms with E-state index in [-0.39, 0.29) is 11.3 Å². The van der Waals surface area contributed by atoms with Crippen molar-refractivity contribution < 1.29 is 13.7 Å². The van der Waals surface area contributed by atoms with Crippen LogP contribution in [0.4, 0.5) is 17.3 Å². The number of nitrogens with zero attached hydrogens (tertiary/aromatic N) is 3. The molecule has 1 saturated carbocycles. The van der Waals surface area contributed by atoms with E-state index in [1.54, 1.807) is 7.05 Å². The number of nitrogens with two attached hydrogens (primary N) is 1. The summed E-state index contributed by atoms with van der Waals surface area (Å²) in [7, 11) is 0.926. The summed E-state index contributed by atoms with van der Waals surface area (Å²) in [5.41, 5.74) is 9.11. The van der Waals surface area contributed by atoms with Gasteiger partial charge in [0, 0.05) is 48.9 Å². The van der Waals surface area contributed by atoms with Crippen molar-refractivity contribution in [1.29, 1.82) is 0 Å². The van der Waals surface area contributed by atoms with E-state index in [0.717, 1.165) is 43.5 Å². The number of nitrogens with one attached hydrogen (secondary N) is 1. The van der Waals surface area contributed by atoms with E-state index in [9.17, 15) is 9.00 Å². The van der Waals surface area contributed by atoms with Gasteiger partial charge in [-0.15, -0.1) is 0 Å². The molecule has 1 fully saturated rings. The number of benzene rings is 1. The van der Waals surface area contributed by atoms with E-state index in [1.165, 1.54) is 18.4 Å². The van der Waals surface area contributed by atoms with Crippen LogP contribution in [0.5, 0.6) is 6.01 Å². The van der Waals surface area contributed by atoms with Crippen LogP contribution >= 0.6 is 0 Å². The molecule has 3 N–H and O–H groups in total. The maximum absolute atomic E-state index is 12.3. The van der Waals surface area contributed by atoms with Gasteiger partial charge in [0.1, 0.15) is 12.0 Å².